The summed E-state index contributed by atoms with van der Waals surface area (Å²) < 4.78 is 6.07. The van der Waals surface area contributed by atoms with Gasteiger partial charge in [-0.1, -0.05) is 13.8 Å². The van der Waals surface area contributed by atoms with Crippen LogP contribution < -0.4 is 0 Å². The topological polar surface area (TPSA) is 26.6 Å². The van der Waals surface area contributed by atoms with E-state index >= 15 is 0 Å². The van der Waals surface area contributed by atoms with Gasteiger partial charge in [0.25, 0.3) is 0 Å². The van der Waals surface area contributed by atoms with Gasteiger partial charge in [-0.15, -0.1) is 13.1 Å². The second-order valence-corrected chi connectivity index (χ2v) is 6.67. The van der Waals surface area contributed by atoms with E-state index in [-0.39, 0.29) is 32.7 Å². The van der Waals surface area contributed by atoms with Crippen LogP contribution in [0.5, 0.6) is 0 Å². The second-order valence-electron chi connectivity index (χ2n) is 6.67. The van der Waals surface area contributed by atoms with Crippen molar-refractivity contribution in [1.82, 2.24) is 4.90 Å². The van der Waals surface area contributed by atoms with E-state index in [1.807, 2.05) is 0 Å². The third-order valence-electron chi connectivity index (χ3n) is 4.93. The molecular formula is C16H31N2OY-. The average Bonchev–Trinajstić information content (AvgIpc) is 2.46. The molecule has 0 aromatic heterocycles. The molecule has 2 saturated heterocycles. The fraction of sp³-hybridized carbons (Fsp3) is 1.00. The normalized spacial score (nSPS) is 24.6. The molecule has 2 rings (SSSR count). The van der Waals surface area contributed by atoms with E-state index < -0.39 is 0 Å². The van der Waals surface area contributed by atoms with Crippen LogP contribution in [0, 0.1) is 11.8 Å². The number of hydrogen-bond donors (Lipinski definition) is 0. The molecule has 2 heterocycles. The van der Waals surface area contributed by atoms with Crippen LogP contribution in [0.25, 0.3) is 5.32 Å². The summed E-state index contributed by atoms with van der Waals surface area (Å²) in [6.07, 6.45) is 5.45. The van der Waals surface area contributed by atoms with Crippen molar-refractivity contribution in [1.29, 1.82) is 0 Å². The van der Waals surface area contributed by atoms with Crippen LogP contribution in [-0.4, -0.2) is 49.8 Å². The van der Waals surface area contributed by atoms with Gasteiger partial charge in [-0.3, -0.25) is 4.90 Å². The van der Waals surface area contributed by atoms with Crippen molar-refractivity contribution in [2.75, 3.05) is 32.8 Å². The van der Waals surface area contributed by atoms with Crippen molar-refractivity contribution in [2.45, 2.75) is 58.6 Å². The first kappa shape index (κ1) is 19.0. The Bertz CT molecular complexity index is 249. The van der Waals surface area contributed by atoms with E-state index in [0.29, 0.717) is 12.1 Å². The summed E-state index contributed by atoms with van der Waals surface area (Å²) in [6.45, 7) is 12.5. The van der Waals surface area contributed by atoms with E-state index in [4.69, 9.17) is 4.74 Å². The number of piperidine rings is 2. The molecule has 3 nitrogen and oxygen atoms in total. The van der Waals surface area contributed by atoms with Crippen LogP contribution >= 0.6 is 0 Å². The number of likely N-dealkylation sites (tertiary alicyclic amines) is 1. The largest absolute Gasteiger partial charge is 0.662 e. The van der Waals surface area contributed by atoms with E-state index in [1.54, 1.807) is 0 Å². The molecular weight excluding hydrogens is 325 g/mol. The Morgan fingerprint density at radius 1 is 1.05 bits per heavy atom. The van der Waals surface area contributed by atoms with Gasteiger partial charge < -0.3 is 10.1 Å². The molecule has 0 bridgehead atoms. The Morgan fingerprint density at radius 3 is 2.20 bits per heavy atom. The summed E-state index contributed by atoms with van der Waals surface area (Å²) in [7, 11) is 0. The third-order valence-corrected chi connectivity index (χ3v) is 4.93. The van der Waals surface area contributed by atoms with Gasteiger partial charge in [0, 0.05) is 38.8 Å². The van der Waals surface area contributed by atoms with Gasteiger partial charge in [0.05, 0.1) is 12.7 Å². The molecule has 2 fully saturated rings. The Balaban J connectivity index is 0.00000200. The first-order valence-electron chi connectivity index (χ1n) is 8.15. The maximum atomic E-state index is 6.07. The number of rotatable bonds is 5. The van der Waals surface area contributed by atoms with Crippen LogP contribution in [0.4, 0.5) is 0 Å². The fourth-order valence-electron chi connectivity index (χ4n) is 3.30. The summed E-state index contributed by atoms with van der Waals surface area (Å²) in [5.74, 6) is 1.78. The van der Waals surface area contributed by atoms with Crippen molar-refractivity contribution in [3.63, 3.8) is 0 Å². The first-order valence-corrected chi connectivity index (χ1v) is 8.15. The van der Waals surface area contributed by atoms with Gasteiger partial charge in [0.1, 0.15) is 0 Å². The molecule has 0 saturated carbocycles. The van der Waals surface area contributed by atoms with Gasteiger partial charge in [-0.05, 0) is 57.5 Å². The standard InChI is InChI=1S/C16H31N2O.Y/c1-13(2)15-6-10-18(11-7-15)14(3)12-19-16-4-8-17-9-5-16;/h13-16H,4-12H2,1-3H3;/q-1;. The Labute approximate surface area is 150 Å². The van der Waals surface area contributed by atoms with Crippen LogP contribution in [0.2, 0.25) is 0 Å². The first-order chi connectivity index (χ1) is 9.16. The molecule has 1 radical (unpaired) electrons. The van der Waals surface area contributed by atoms with E-state index in [0.717, 1.165) is 44.4 Å². The molecule has 1 unspecified atom stereocenters. The van der Waals surface area contributed by atoms with Crippen molar-refractivity contribution >= 4 is 0 Å². The van der Waals surface area contributed by atoms with Crippen molar-refractivity contribution < 1.29 is 37.4 Å². The van der Waals surface area contributed by atoms with E-state index in [2.05, 4.69) is 31.0 Å². The summed E-state index contributed by atoms with van der Waals surface area (Å²) in [4.78, 5) is 2.62. The van der Waals surface area contributed by atoms with Gasteiger partial charge in [0.15, 0.2) is 0 Å². The average molecular weight is 356 g/mol. The Hall–Kier alpha value is 0.984. The molecule has 0 aliphatic carbocycles. The zero-order valence-corrected chi connectivity index (χ0v) is 16.4. The predicted octanol–water partition coefficient (Wildman–Crippen LogP) is 3.29. The summed E-state index contributed by atoms with van der Waals surface area (Å²) >= 11 is 0. The molecule has 20 heavy (non-hydrogen) atoms. The quantitative estimate of drug-likeness (QED) is 0.756. The van der Waals surface area contributed by atoms with Crippen LogP contribution in [0.15, 0.2) is 0 Å². The van der Waals surface area contributed by atoms with Crippen LogP contribution in [0.1, 0.15) is 46.5 Å². The molecule has 0 aromatic carbocycles. The maximum Gasteiger partial charge on any atom is 0.0622 e. The minimum atomic E-state index is 0. The summed E-state index contributed by atoms with van der Waals surface area (Å²) in [5.41, 5.74) is 0. The molecule has 115 valence electrons. The Kier molecular flexibility index (Phi) is 9.41. The second kappa shape index (κ2) is 9.89. The van der Waals surface area contributed by atoms with Crippen LogP contribution in [0.3, 0.4) is 0 Å². The minimum Gasteiger partial charge on any atom is -0.662 e. The van der Waals surface area contributed by atoms with Gasteiger partial charge in [-0.2, -0.15) is 0 Å². The number of nitrogens with zero attached hydrogens (tertiary/aromatic N) is 2. The summed E-state index contributed by atoms with van der Waals surface area (Å²) in [6, 6.07) is 0.576. The molecule has 0 amide bonds. The zero-order valence-electron chi connectivity index (χ0n) is 13.6. The van der Waals surface area contributed by atoms with Crippen molar-refractivity contribution in [2.24, 2.45) is 11.8 Å². The fourth-order valence-corrected chi connectivity index (χ4v) is 3.30. The predicted molar refractivity (Wildman–Crippen MR) is 80.7 cm³/mol. The SMILES string of the molecule is CC(C)C1CCN(C(C)COC2CC[N-]CC2)CC1.[Y]. The number of ether oxygens (including phenoxy) is 1. The monoisotopic (exact) mass is 356 g/mol. The van der Waals surface area contributed by atoms with Crippen molar-refractivity contribution in [3.05, 3.63) is 5.32 Å². The molecule has 2 aliphatic heterocycles. The summed E-state index contributed by atoms with van der Waals surface area (Å²) in [5, 5.41) is 4.38. The van der Waals surface area contributed by atoms with Crippen molar-refractivity contribution in [3.8, 4) is 0 Å². The molecule has 0 N–H and O–H groups in total. The third kappa shape index (κ3) is 6.00. The van der Waals surface area contributed by atoms with E-state index in [1.165, 1.54) is 25.9 Å². The minimum absolute atomic E-state index is 0. The molecule has 0 spiro atoms. The molecule has 1 atom stereocenters. The maximum absolute atomic E-state index is 6.07. The van der Waals surface area contributed by atoms with Gasteiger partial charge in [-0.25, -0.2) is 0 Å². The smallest absolute Gasteiger partial charge is 0.0622 e. The molecule has 4 heteroatoms. The van der Waals surface area contributed by atoms with E-state index in [9.17, 15) is 0 Å². The Morgan fingerprint density at radius 2 is 1.65 bits per heavy atom. The van der Waals surface area contributed by atoms with Crippen LogP contribution in [-0.2, 0) is 37.4 Å². The van der Waals surface area contributed by atoms with Gasteiger partial charge >= 0.3 is 0 Å². The molecule has 0 aromatic rings. The zero-order chi connectivity index (χ0) is 13.7. The molecule has 2 aliphatic rings. The number of hydrogen-bond acceptors (Lipinski definition) is 2. The van der Waals surface area contributed by atoms with Gasteiger partial charge in [0.2, 0.25) is 0 Å².